The lowest BCUT2D eigenvalue weighted by Crippen LogP contribution is -2.54. The van der Waals surface area contributed by atoms with E-state index in [1.54, 1.807) is 6.07 Å². The Labute approximate surface area is 187 Å². The van der Waals surface area contributed by atoms with Gasteiger partial charge in [-0.05, 0) is 51.8 Å². The van der Waals surface area contributed by atoms with Gasteiger partial charge in [-0.2, -0.15) is 0 Å². The first-order valence-electron chi connectivity index (χ1n) is 10.9. The second kappa shape index (κ2) is 9.10. The third kappa shape index (κ3) is 4.66. The minimum atomic E-state index is -1.03. The van der Waals surface area contributed by atoms with E-state index < -0.39 is 35.2 Å². The molecule has 9 nitrogen and oxygen atoms in total. The molecule has 1 fully saturated rings. The summed E-state index contributed by atoms with van der Waals surface area (Å²) in [5.41, 5.74) is 0.148. The normalized spacial score (nSPS) is 18.5. The van der Waals surface area contributed by atoms with E-state index >= 15 is 0 Å². The smallest absolute Gasteiger partial charge is 0.332 e. The minimum Gasteiger partial charge on any atom is -0.340 e. The lowest BCUT2D eigenvalue weighted by molar-refractivity contribution is -0.147. The Morgan fingerprint density at radius 1 is 1.12 bits per heavy atom. The molecule has 32 heavy (non-hydrogen) atoms. The number of benzene rings is 1. The van der Waals surface area contributed by atoms with Crippen molar-refractivity contribution in [1.82, 2.24) is 10.2 Å². The summed E-state index contributed by atoms with van der Waals surface area (Å²) < 4.78 is 0. The van der Waals surface area contributed by atoms with Crippen LogP contribution in [0.25, 0.3) is 0 Å². The van der Waals surface area contributed by atoms with Crippen LogP contribution in [0.4, 0.5) is 5.69 Å². The zero-order valence-electron chi connectivity index (χ0n) is 18.9. The van der Waals surface area contributed by atoms with E-state index in [2.05, 4.69) is 5.32 Å². The highest BCUT2D eigenvalue weighted by Crippen LogP contribution is 2.33. The number of carbonyl (C=O) groups excluding carboxylic acids is 5. The van der Waals surface area contributed by atoms with Gasteiger partial charge in [-0.15, -0.1) is 0 Å². The third-order valence-electron chi connectivity index (χ3n) is 5.44. The summed E-state index contributed by atoms with van der Waals surface area (Å²) in [7, 11) is 0. The zero-order chi connectivity index (χ0) is 23.6. The first kappa shape index (κ1) is 23.4. The number of carbonyl (C=O) groups is 5. The predicted molar refractivity (Wildman–Crippen MR) is 116 cm³/mol. The van der Waals surface area contributed by atoms with E-state index in [1.807, 2.05) is 27.7 Å². The van der Waals surface area contributed by atoms with Crippen LogP contribution in [0.5, 0.6) is 0 Å². The Hall–Kier alpha value is -3.23. The van der Waals surface area contributed by atoms with Gasteiger partial charge in [0.05, 0.1) is 22.4 Å². The number of piperidine rings is 1. The van der Waals surface area contributed by atoms with Crippen LogP contribution in [0.3, 0.4) is 0 Å². The Balaban J connectivity index is 1.86. The zero-order valence-corrected chi connectivity index (χ0v) is 18.9. The number of imide groups is 2. The summed E-state index contributed by atoms with van der Waals surface area (Å²) in [6.45, 7) is 7.64. The first-order valence-corrected chi connectivity index (χ1v) is 10.9. The Morgan fingerprint density at radius 3 is 2.44 bits per heavy atom. The summed E-state index contributed by atoms with van der Waals surface area (Å²) in [5, 5.41) is 3.61. The molecular weight excluding hydrogens is 414 g/mol. The van der Waals surface area contributed by atoms with Gasteiger partial charge in [0.1, 0.15) is 6.04 Å². The number of anilines is 1. The highest BCUT2D eigenvalue weighted by Gasteiger charge is 2.45. The summed E-state index contributed by atoms with van der Waals surface area (Å²) in [6, 6.07) is 3.59. The lowest BCUT2D eigenvalue weighted by atomic mass is 10.0. The number of fused-ring (bicyclic) bond motifs is 1. The first-order chi connectivity index (χ1) is 15.0. The van der Waals surface area contributed by atoms with Crippen LogP contribution in [0, 0.1) is 0 Å². The van der Waals surface area contributed by atoms with Crippen LogP contribution in [0.15, 0.2) is 18.2 Å². The number of nitrogens with zero attached hydrogens (tertiary/aromatic N) is 2. The van der Waals surface area contributed by atoms with E-state index in [0.717, 1.165) is 24.2 Å². The highest BCUT2D eigenvalue weighted by molar-refractivity contribution is 6.23. The molecule has 1 unspecified atom stereocenters. The van der Waals surface area contributed by atoms with Crippen molar-refractivity contribution < 1.29 is 28.8 Å². The average molecular weight is 444 g/mol. The van der Waals surface area contributed by atoms with Gasteiger partial charge in [0.15, 0.2) is 0 Å². The fourth-order valence-electron chi connectivity index (χ4n) is 3.83. The van der Waals surface area contributed by atoms with Gasteiger partial charge < -0.3 is 4.84 Å². The van der Waals surface area contributed by atoms with Crippen LogP contribution >= 0.6 is 0 Å². The van der Waals surface area contributed by atoms with Crippen LogP contribution in [-0.4, -0.2) is 46.1 Å². The standard InChI is InChI=1S/C23H29N3O6/c1-5-6-7-8-19(28)32-26(23(2,3)4)14-9-10-15-16(13-14)22(31)25(21(15)30)17-11-12-18(27)24-20(17)29/h9-10,13,17H,5-8,11-12H2,1-4H3,(H,24,27,29). The highest BCUT2D eigenvalue weighted by atomic mass is 16.7. The molecule has 1 N–H and O–H groups in total. The number of nitrogens with one attached hydrogen (secondary N) is 1. The van der Waals surface area contributed by atoms with Gasteiger partial charge in [-0.3, -0.25) is 29.4 Å². The number of hydroxylamine groups is 1. The number of amides is 4. The second-order valence-corrected chi connectivity index (χ2v) is 9.06. The molecule has 2 heterocycles. The quantitative estimate of drug-likeness (QED) is 0.392. The molecule has 0 spiro atoms. The summed E-state index contributed by atoms with van der Waals surface area (Å²) >= 11 is 0. The second-order valence-electron chi connectivity index (χ2n) is 9.06. The number of hydrogen-bond acceptors (Lipinski definition) is 7. The van der Waals surface area contributed by atoms with Crippen molar-refractivity contribution in [3.8, 4) is 0 Å². The van der Waals surface area contributed by atoms with Gasteiger partial charge >= 0.3 is 5.97 Å². The van der Waals surface area contributed by atoms with E-state index in [4.69, 9.17) is 4.84 Å². The average Bonchev–Trinajstić information content (AvgIpc) is 2.96. The molecule has 3 rings (SSSR count). The van der Waals surface area contributed by atoms with Crippen molar-refractivity contribution in [3.05, 3.63) is 29.3 Å². The van der Waals surface area contributed by atoms with Gasteiger partial charge in [0.2, 0.25) is 11.8 Å². The molecule has 2 aliphatic rings. The van der Waals surface area contributed by atoms with E-state index in [9.17, 15) is 24.0 Å². The summed E-state index contributed by atoms with van der Waals surface area (Å²) in [6.07, 6.45) is 3.07. The van der Waals surface area contributed by atoms with Gasteiger partial charge in [0.25, 0.3) is 11.8 Å². The largest absolute Gasteiger partial charge is 0.340 e. The summed E-state index contributed by atoms with van der Waals surface area (Å²) in [5.74, 6) is -2.64. The molecule has 0 aromatic heterocycles. The molecule has 172 valence electrons. The number of unbranched alkanes of at least 4 members (excludes halogenated alkanes) is 2. The molecule has 1 atom stereocenters. The van der Waals surface area contributed by atoms with Crippen LogP contribution in [-0.2, 0) is 19.2 Å². The SMILES string of the molecule is CCCCCC(=O)ON(c1ccc2c(c1)C(=O)N(C1CCC(=O)NC1=O)C2=O)C(C)(C)C. The van der Waals surface area contributed by atoms with E-state index in [0.29, 0.717) is 5.69 Å². The van der Waals surface area contributed by atoms with Crippen molar-refractivity contribution in [2.24, 2.45) is 0 Å². The molecule has 0 aliphatic carbocycles. The topological polar surface area (TPSA) is 113 Å². The molecule has 0 radical (unpaired) electrons. The fraction of sp³-hybridized carbons (Fsp3) is 0.522. The van der Waals surface area contributed by atoms with Crippen molar-refractivity contribution in [3.63, 3.8) is 0 Å². The van der Waals surface area contributed by atoms with Gasteiger partial charge in [-0.1, -0.05) is 19.8 Å². The van der Waals surface area contributed by atoms with Gasteiger partial charge in [0, 0.05) is 12.8 Å². The fourth-order valence-corrected chi connectivity index (χ4v) is 3.83. The molecule has 4 amide bonds. The number of hydrogen-bond donors (Lipinski definition) is 1. The molecule has 9 heteroatoms. The molecule has 1 aromatic carbocycles. The molecule has 2 aliphatic heterocycles. The molecule has 0 bridgehead atoms. The van der Waals surface area contributed by atoms with E-state index in [1.165, 1.54) is 17.2 Å². The minimum absolute atomic E-state index is 0.0564. The van der Waals surface area contributed by atoms with Crippen molar-refractivity contribution in [1.29, 1.82) is 0 Å². The Kier molecular flexibility index (Phi) is 6.66. The number of rotatable bonds is 7. The van der Waals surface area contributed by atoms with Crippen molar-refractivity contribution >= 4 is 35.3 Å². The van der Waals surface area contributed by atoms with Crippen LogP contribution in [0.1, 0.15) is 86.9 Å². The van der Waals surface area contributed by atoms with Crippen molar-refractivity contribution in [2.75, 3.05) is 5.06 Å². The predicted octanol–water partition coefficient (Wildman–Crippen LogP) is 2.73. The van der Waals surface area contributed by atoms with Crippen LogP contribution in [0.2, 0.25) is 0 Å². The maximum absolute atomic E-state index is 13.1. The third-order valence-corrected chi connectivity index (χ3v) is 5.44. The Bertz CT molecular complexity index is 965. The van der Waals surface area contributed by atoms with Crippen LogP contribution < -0.4 is 10.4 Å². The Morgan fingerprint density at radius 2 is 1.81 bits per heavy atom. The summed E-state index contributed by atoms with van der Waals surface area (Å²) in [4.78, 5) is 68.5. The molecule has 0 saturated carbocycles. The monoisotopic (exact) mass is 443 g/mol. The lowest BCUT2D eigenvalue weighted by Gasteiger charge is -2.35. The maximum Gasteiger partial charge on any atom is 0.332 e. The molecule has 1 saturated heterocycles. The molecular formula is C23H29N3O6. The van der Waals surface area contributed by atoms with Crippen molar-refractivity contribution in [2.45, 2.75) is 77.8 Å². The van der Waals surface area contributed by atoms with Gasteiger partial charge in [-0.25, -0.2) is 9.86 Å². The molecule has 1 aromatic rings. The van der Waals surface area contributed by atoms with E-state index in [-0.39, 0.29) is 36.4 Å². The maximum atomic E-state index is 13.1.